The summed E-state index contributed by atoms with van der Waals surface area (Å²) in [6.45, 7) is 3.08. The minimum Gasteiger partial charge on any atom is -0.357 e. The summed E-state index contributed by atoms with van der Waals surface area (Å²) >= 11 is 0. The molecule has 1 fully saturated rings. The molecule has 6 nitrogen and oxygen atoms in total. The Hall–Kier alpha value is -2.89. The zero-order chi connectivity index (χ0) is 18.2. The van der Waals surface area contributed by atoms with E-state index in [2.05, 4.69) is 38.1 Å². The Morgan fingerprint density at radius 1 is 1.11 bits per heavy atom. The number of hydrogen-bond acceptors (Lipinski definition) is 4. The molecule has 1 unspecified atom stereocenters. The van der Waals surface area contributed by atoms with Gasteiger partial charge in [0.1, 0.15) is 5.82 Å². The Morgan fingerprint density at radius 3 is 2.78 bits per heavy atom. The predicted molar refractivity (Wildman–Crippen MR) is 105 cm³/mol. The monoisotopic (exact) mass is 361 g/mol. The molecule has 3 heterocycles. The smallest absolute Gasteiger partial charge is 0.231 e. The fourth-order valence-electron chi connectivity index (χ4n) is 4.49. The van der Waals surface area contributed by atoms with Gasteiger partial charge in [-0.2, -0.15) is 0 Å². The van der Waals surface area contributed by atoms with Gasteiger partial charge in [-0.05, 0) is 30.9 Å². The van der Waals surface area contributed by atoms with Crippen molar-refractivity contribution in [2.24, 2.45) is 0 Å². The lowest BCUT2D eigenvalue weighted by Crippen LogP contribution is -2.50. The van der Waals surface area contributed by atoms with E-state index in [4.69, 9.17) is 0 Å². The molecule has 0 bridgehead atoms. The van der Waals surface area contributed by atoms with Gasteiger partial charge in [0, 0.05) is 55.2 Å². The van der Waals surface area contributed by atoms with Gasteiger partial charge in [0.05, 0.1) is 12.1 Å². The Bertz CT molecular complexity index is 959. The van der Waals surface area contributed by atoms with Gasteiger partial charge in [0.2, 0.25) is 5.91 Å². The van der Waals surface area contributed by atoms with Crippen LogP contribution in [0.4, 0.5) is 5.82 Å². The number of fused-ring (bicyclic) bond motifs is 3. The van der Waals surface area contributed by atoms with Gasteiger partial charge >= 0.3 is 0 Å². The lowest BCUT2D eigenvalue weighted by molar-refractivity contribution is -0.133. The van der Waals surface area contributed by atoms with E-state index >= 15 is 0 Å². The van der Waals surface area contributed by atoms with Crippen molar-refractivity contribution in [1.82, 2.24) is 19.9 Å². The summed E-state index contributed by atoms with van der Waals surface area (Å²) in [5.41, 5.74) is 3.63. The molecule has 2 aromatic heterocycles. The maximum Gasteiger partial charge on any atom is 0.231 e. The number of piperazine rings is 1. The van der Waals surface area contributed by atoms with E-state index in [0.29, 0.717) is 0 Å². The van der Waals surface area contributed by atoms with Crippen molar-refractivity contribution in [3.8, 4) is 0 Å². The number of carbonyl (C=O) groups excluding carboxylic acids is 1. The van der Waals surface area contributed by atoms with Crippen molar-refractivity contribution in [1.29, 1.82) is 0 Å². The highest BCUT2D eigenvalue weighted by Crippen LogP contribution is 2.37. The molecule has 1 aromatic carbocycles. The fourth-order valence-corrected chi connectivity index (χ4v) is 4.49. The van der Waals surface area contributed by atoms with Gasteiger partial charge in [-0.1, -0.05) is 18.2 Å². The topological polar surface area (TPSA) is 65.1 Å². The van der Waals surface area contributed by atoms with Crippen LogP contribution in [0.25, 0.3) is 10.9 Å². The molecule has 1 aliphatic heterocycles. The highest BCUT2D eigenvalue weighted by atomic mass is 16.2. The summed E-state index contributed by atoms with van der Waals surface area (Å²) in [4.78, 5) is 29.6. The van der Waals surface area contributed by atoms with E-state index in [1.54, 1.807) is 18.6 Å². The van der Waals surface area contributed by atoms with E-state index in [1.165, 1.54) is 10.9 Å². The van der Waals surface area contributed by atoms with E-state index in [-0.39, 0.29) is 11.8 Å². The molecule has 138 valence electrons. The second kappa shape index (κ2) is 6.68. The molecule has 1 aliphatic carbocycles. The number of para-hydroxylation sites is 1. The van der Waals surface area contributed by atoms with Crippen molar-refractivity contribution < 1.29 is 4.79 Å². The number of benzene rings is 1. The molecule has 2 aliphatic rings. The number of nitrogens with zero attached hydrogens (tertiary/aromatic N) is 4. The molecule has 1 atom stereocenters. The highest BCUT2D eigenvalue weighted by molar-refractivity contribution is 5.90. The van der Waals surface area contributed by atoms with Gasteiger partial charge < -0.3 is 14.8 Å². The van der Waals surface area contributed by atoms with Crippen LogP contribution in [0.2, 0.25) is 0 Å². The number of aromatic nitrogens is 3. The van der Waals surface area contributed by atoms with Crippen molar-refractivity contribution in [3.63, 3.8) is 0 Å². The first-order valence-electron chi connectivity index (χ1n) is 9.70. The van der Waals surface area contributed by atoms with E-state index in [1.807, 2.05) is 11.0 Å². The van der Waals surface area contributed by atoms with Gasteiger partial charge in [0.15, 0.2) is 0 Å². The van der Waals surface area contributed by atoms with Gasteiger partial charge in [-0.15, -0.1) is 0 Å². The summed E-state index contributed by atoms with van der Waals surface area (Å²) in [6, 6.07) is 8.40. The first-order valence-corrected chi connectivity index (χ1v) is 9.70. The molecule has 0 radical (unpaired) electrons. The molecule has 1 N–H and O–H groups in total. The van der Waals surface area contributed by atoms with Crippen LogP contribution in [0, 0.1) is 0 Å². The quantitative estimate of drug-likeness (QED) is 0.762. The average Bonchev–Trinajstić information content (AvgIpc) is 3.13. The molecule has 0 spiro atoms. The Balaban J connectivity index is 1.34. The second-order valence-electron chi connectivity index (χ2n) is 7.38. The first kappa shape index (κ1) is 16.3. The molecular weight excluding hydrogens is 338 g/mol. The number of aromatic amines is 1. The SMILES string of the molecule is O=C(C1CCCc2c1[nH]c1ccccc21)N1CCN(c2cnccn2)CC1. The van der Waals surface area contributed by atoms with Crippen LogP contribution in [0.5, 0.6) is 0 Å². The molecule has 0 saturated carbocycles. The minimum atomic E-state index is -0.0378. The number of rotatable bonds is 2. The lowest BCUT2D eigenvalue weighted by atomic mass is 9.85. The third-order valence-electron chi connectivity index (χ3n) is 5.88. The predicted octanol–water partition coefficient (Wildman–Crippen LogP) is 2.73. The standard InChI is InChI=1S/C21H23N5O/c27-21(26-12-10-25(11-13-26)19-14-22-8-9-23-19)17-6-3-5-16-15-4-1-2-7-18(15)24-20(16)17/h1-2,4,7-9,14,17,24H,3,5-6,10-13H2. The number of hydrogen-bond donors (Lipinski definition) is 1. The maximum atomic E-state index is 13.3. The first-order chi connectivity index (χ1) is 13.3. The summed E-state index contributed by atoms with van der Waals surface area (Å²) in [7, 11) is 0. The lowest BCUT2D eigenvalue weighted by Gasteiger charge is -2.37. The second-order valence-corrected chi connectivity index (χ2v) is 7.38. The van der Waals surface area contributed by atoms with Crippen LogP contribution in [-0.4, -0.2) is 51.9 Å². The summed E-state index contributed by atoms with van der Waals surface area (Å²) in [5.74, 6) is 1.12. The molecule has 6 heteroatoms. The largest absolute Gasteiger partial charge is 0.357 e. The number of aryl methyl sites for hydroxylation is 1. The average molecular weight is 361 g/mol. The zero-order valence-corrected chi connectivity index (χ0v) is 15.3. The summed E-state index contributed by atoms with van der Waals surface area (Å²) in [5, 5.41) is 1.28. The van der Waals surface area contributed by atoms with Gasteiger partial charge in [-0.3, -0.25) is 9.78 Å². The van der Waals surface area contributed by atoms with Gasteiger partial charge in [0.25, 0.3) is 0 Å². The van der Waals surface area contributed by atoms with Crippen LogP contribution < -0.4 is 4.90 Å². The van der Waals surface area contributed by atoms with Crippen LogP contribution in [0.15, 0.2) is 42.9 Å². The molecule has 27 heavy (non-hydrogen) atoms. The number of amides is 1. The van der Waals surface area contributed by atoms with E-state index in [9.17, 15) is 4.79 Å². The van der Waals surface area contributed by atoms with E-state index < -0.39 is 0 Å². The van der Waals surface area contributed by atoms with Crippen molar-refractivity contribution >= 4 is 22.6 Å². The third-order valence-corrected chi connectivity index (χ3v) is 5.88. The van der Waals surface area contributed by atoms with E-state index in [0.717, 1.165) is 62.5 Å². The van der Waals surface area contributed by atoms with Crippen molar-refractivity contribution in [2.45, 2.75) is 25.2 Å². The number of H-pyrrole nitrogens is 1. The van der Waals surface area contributed by atoms with Crippen molar-refractivity contribution in [3.05, 3.63) is 54.1 Å². The minimum absolute atomic E-state index is 0.0378. The van der Waals surface area contributed by atoms with Crippen LogP contribution >= 0.6 is 0 Å². The van der Waals surface area contributed by atoms with Crippen LogP contribution in [0.1, 0.15) is 30.0 Å². The van der Waals surface area contributed by atoms with Crippen LogP contribution in [-0.2, 0) is 11.2 Å². The third kappa shape index (κ3) is 2.85. The highest BCUT2D eigenvalue weighted by Gasteiger charge is 2.33. The van der Waals surface area contributed by atoms with Crippen LogP contribution in [0.3, 0.4) is 0 Å². The summed E-state index contributed by atoms with van der Waals surface area (Å²) < 4.78 is 0. The number of carbonyl (C=O) groups is 1. The normalized spacial score (nSPS) is 19.9. The number of nitrogens with one attached hydrogen (secondary N) is 1. The van der Waals surface area contributed by atoms with Crippen molar-refractivity contribution in [2.75, 3.05) is 31.1 Å². The van der Waals surface area contributed by atoms with Gasteiger partial charge in [-0.25, -0.2) is 4.98 Å². The molecule has 1 amide bonds. The molecule has 3 aromatic rings. The fraction of sp³-hybridized carbons (Fsp3) is 0.381. The Labute approximate surface area is 158 Å². The zero-order valence-electron chi connectivity index (χ0n) is 15.3. The molecule has 1 saturated heterocycles. The molecule has 5 rings (SSSR count). The molecular formula is C21H23N5O. The summed E-state index contributed by atoms with van der Waals surface area (Å²) in [6.07, 6.45) is 8.25. The Kier molecular flexibility index (Phi) is 4.03. The Morgan fingerprint density at radius 2 is 1.96 bits per heavy atom. The number of anilines is 1. The maximum absolute atomic E-state index is 13.3.